The summed E-state index contributed by atoms with van der Waals surface area (Å²) in [6, 6.07) is 0.688. The second-order valence-corrected chi connectivity index (χ2v) is 5.48. The quantitative estimate of drug-likeness (QED) is 0.730. The maximum absolute atomic E-state index is 12.2. The number of ketones is 1. The molecule has 2 fully saturated rings. The van der Waals surface area contributed by atoms with Crippen LogP contribution >= 0.6 is 0 Å². The van der Waals surface area contributed by atoms with E-state index in [-0.39, 0.29) is 0 Å². The lowest BCUT2D eigenvalue weighted by Crippen LogP contribution is -2.36. The predicted octanol–water partition coefficient (Wildman–Crippen LogP) is 3.01. The van der Waals surface area contributed by atoms with Crippen LogP contribution < -0.4 is 0 Å². The van der Waals surface area contributed by atoms with Crippen molar-refractivity contribution >= 4 is 5.78 Å². The van der Waals surface area contributed by atoms with E-state index in [1.54, 1.807) is 0 Å². The minimum atomic E-state index is 0.395. The molecular formula is C14H25NO. The van der Waals surface area contributed by atoms with Crippen molar-refractivity contribution in [2.45, 2.75) is 64.3 Å². The van der Waals surface area contributed by atoms with Crippen LogP contribution in [0.25, 0.3) is 0 Å². The fraction of sp³-hybridized carbons (Fsp3) is 0.929. The molecule has 1 aliphatic heterocycles. The van der Waals surface area contributed by atoms with Crippen molar-refractivity contribution in [2.24, 2.45) is 5.92 Å². The van der Waals surface area contributed by atoms with Gasteiger partial charge in [-0.15, -0.1) is 0 Å². The molecule has 92 valence electrons. The number of carbonyl (C=O) groups excluding carboxylic acids is 1. The molecule has 1 saturated carbocycles. The third kappa shape index (κ3) is 2.85. The average Bonchev–Trinajstić information content (AvgIpc) is 2.77. The predicted molar refractivity (Wildman–Crippen MR) is 66.5 cm³/mol. The Balaban J connectivity index is 1.81. The second-order valence-electron chi connectivity index (χ2n) is 5.48. The molecule has 0 aromatic rings. The number of hydrogen-bond acceptors (Lipinski definition) is 2. The van der Waals surface area contributed by atoms with Crippen molar-refractivity contribution in [3.8, 4) is 0 Å². The number of nitrogens with zero attached hydrogens (tertiary/aromatic N) is 1. The molecule has 0 radical (unpaired) electrons. The van der Waals surface area contributed by atoms with Crippen LogP contribution in [0.4, 0.5) is 0 Å². The van der Waals surface area contributed by atoms with Gasteiger partial charge in [0.1, 0.15) is 5.78 Å². The van der Waals surface area contributed by atoms with Crippen LogP contribution in [-0.4, -0.2) is 29.8 Å². The summed E-state index contributed by atoms with van der Waals surface area (Å²) in [5.74, 6) is 0.923. The summed E-state index contributed by atoms with van der Waals surface area (Å²) in [7, 11) is 0. The first-order valence-corrected chi connectivity index (χ1v) is 7.08. The van der Waals surface area contributed by atoms with Crippen molar-refractivity contribution in [2.75, 3.05) is 13.1 Å². The van der Waals surface area contributed by atoms with Gasteiger partial charge in [0.25, 0.3) is 0 Å². The molecule has 2 rings (SSSR count). The second kappa shape index (κ2) is 5.81. The highest BCUT2D eigenvalue weighted by atomic mass is 16.1. The zero-order valence-corrected chi connectivity index (χ0v) is 10.6. The molecule has 1 aliphatic carbocycles. The molecule has 0 N–H and O–H groups in total. The van der Waals surface area contributed by atoms with E-state index in [0.717, 1.165) is 25.9 Å². The first-order valence-electron chi connectivity index (χ1n) is 7.08. The third-order valence-electron chi connectivity index (χ3n) is 4.39. The van der Waals surface area contributed by atoms with E-state index < -0.39 is 0 Å². The highest BCUT2D eigenvalue weighted by molar-refractivity contribution is 5.83. The lowest BCUT2D eigenvalue weighted by atomic mass is 9.86. The molecule has 1 unspecified atom stereocenters. The molecule has 2 aliphatic rings. The minimum absolute atomic E-state index is 0.395. The van der Waals surface area contributed by atoms with Gasteiger partial charge in [-0.2, -0.15) is 0 Å². The van der Waals surface area contributed by atoms with Crippen LogP contribution in [-0.2, 0) is 4.79 Å². The van der Waals surface area contributed by atoms with Gasteiger partial charge in [-0.25, -0.2) is 0 Å². The Hall–Kier alpha value is -0.370. The SMILES string of the molecule is CCC1CCCN1CC(=O)C1CCCCC1. The number of hydrogen-bond donors (Lipinski definition) is 0. The van der Waals surface area contributed by atoms with Crippen molar-refractivity contribution in [1.29, 1.82) is 0 Å². The van der Waals surface area contributed by atoms with E-state index in [9.17, 15) is 4.79 Å². The van der Waals surface area contributed by atoms with Crippen LogP contribution in [0.3, 0.4) is 0 Å². The maximum atomic E-state index is 12.2. The third-order valence-corrected chi connectivity index (χ3v) is 4.39. The van der Waals surface area contributed by atoms with E-state index in [1.165, 1.54) is 38.5 Å². The van der Waals surface area contributed by atoms with Crippen molar-refractivity contribution in [3.63, 3.8) is 0 Å². The van der Waals surface area contributed by atoms with E-state index in [4.69, 9.17) is 0 Å². The number of Topliss-reactive ketones (excluding diaryl/α,β-unsaturated/α-hetero) is 1. The maximum Gasteiger partial charge on any atom is 0.149 e. The highest BCUT2D eigenvalue weighted by Gasteiger charge is 2.28. The molecule has 2 heteroatoms. The van der Waals surface area contributed by atoms with Gasteiger partial charge in [0.2, 0.25) is 0 Å². The highest BCUT2D eigenvalue weighted by Crippen LogP contribution is 2.26. The van der Waals surface area contributed by atoms with Crippen molar-refractivity contribution in [3.05, 3.63) is 0 Å². The molecule has 0 aromatic heterocycles. The molecule has 16 heavy (non-hydrogen) atoms. The van der Waals surface area contributed by atoms with Gasteiger partial charge in [-0.1, -0.05) is 26.2 Å². The van der Waals surface area contributed by atoms with Crippen LogP contribution in [0.15, 0.2) is 0 Å². The smallest absolute Gasteiger partial charge is 0.149 e. The van der Waals surface area contributed by atoms with Crippen LogP contribution in [0.5, 0.6) is 0 Å². The first-order chi connectivity index (χ1) is 7.81. The zero-order valence-electron chi connectivity index (χ0n) is 10.6. The van der Waals surface area contributed by atoms with Crippen LogP contribution in [0.2, 0.25) is 0 Å². The van der Waals surface area contributed by atoms with Gasteiger partial charge >= 0.3 is 0 Å². The summed E-state index contributed by atoms with van der Waals surface area (Å²) < 4.78 is 0. The Morgan fingerprint density at radius 1 is 1.12 bits per heavy atom. The number of rotatable bonds is 4. The standard InChI is InChI=1S/C14H25NO/c1-2-13-9-6-10-15(13)11-14(16)12-7-4-3-5-8-12/h12-13H,2-11H2,1H3. The summed E-state index contributed by atoms with van der Waals surface area (Å²) >= 11 is 0. The lowest BCUT2D eigenvalue weighted by molar-refractivity contribution is -0.125. The van der Waals surface area contributed by atoms with E-state index in [1.807, 2.05) is 0 Å². The molecule has 0 amide bonds. The lowest BCUT2D eigenvalue weighted by Gasteiger charge is -2.26. The summed E-state index contributed by atoms with van der Waals surface area (Å²) in [6.45, 7) is 4.13. The van der Waals surface area contributed by atoms with E-state index >= 15 is 0 Å². The topological polar surface area (TPSA) is 20.3 Å². The van der Waals surface area contributed by atoms with Gasteiger partial charge < -0.3 is 0 Å². The summed E-state index contributed by atoms with van der Waals surface area (Å²) in [5.41, 5.74) is 0. The molecule has 2 nitrogen and oxygen atoms in total. The number of carbonyl (C=O) groups is 1. The van der Waals surface area contributed by atoms with Crippen molar-refractivity contribution < 1.29 is 4.79 Å². The monoisotopic (exact) mass is 223 g/mol. The Morgan fingerprint density at radius 3 is 2.56 bits per heavy atom. The Kier molecular flexibility index (Phi) is 4.39. The fourth-order valence-corrected chi connectivity index (χ4v) is 3.32. The van der Waals surface area contributed by atoms with E-state index in [2.05, 4.69) is 11.8 Å². The van der Waals surface area contributed by atoms with Crippen molar-refractivity contribution in [1.82, 2.24) is 4.90 Å². The molecule has 1 heterocycles. The Labute approximate surface area is 99.4 Å². The first kappa shape index (κ1) is 12.1. The van der Waals surface area contributed by atoms with Gasteiger partial charge in [0.15, 0.2) is 0 Å². The molecular weight excluding hydrogens is 198 g/mol. The molecule has 1 atom stereocenters. The zero-order chi connectivity index (χ0) is 11.4. The summed E-state index contributed by atoms with van der Waals surface area (Å²) in [6.07, 6.45) is 9.99. The van der Waals surface area contributed by atoms with Crippen LogP contribution in [0, 0.1) is 5.92 Å². The molecule has 0 aromatic carbocycles. The molecule has 0 spiro atoms. The Morgan fingerprint density at radius 2 is 1.88 bits per heavy atom. The number of likely N-dealkylation sites (tertiary alicyclic amines) is 1. The summed E-state index contributed by atoms with van der Waals surface area (Å²) in [4.78, 5) is 14.6. The van der Waals surface area contributed by atoms with Gasteiger partial charge in [-0.05, 0) is 38.6 Å². The van der Waals surface area contributed by atoms with Gasteiger partial charge in [0.05, 0.1) is 6.54 Å². The van der Waals surface area contributed by atoms with Gasteiger partial charge in [-0.3, -0.25) is 9.69 Å². The molecule has 1 saturated heterocycles. The minimum Gasteiger partial charge on any atom is -0.298 e. The Bertz CT molecular complexity index is 233. The fourth-order valence-electron chi connectivity index (χ4n) is 3.32. The largest absolute Gasteiger partial charge is 0.298 e. The average molecular weight is 223 g/mol. The summed E-state index contributed by atoms with van der Waals surface area (Å²) in [5, 5.41) is 0. The van der Waals surface area contributed by atoms with Crippen LogP contribution in [0.1, 0.15) is 58.3 Å². The normalized spacial score (nSPS) is 28.4. The van der Waals surface area contributed by atoms with Gasteiger partial charge in [0, 0.05) is 12.0 Å². The van der Waals surface area contributed by atoms with E-state index in [0.29, 0.717) is 17.7 Å². The molecule has 0 bridgehead atoms.